The van der Waals surface area contributed by atoms with Crippen LogP contribution in [0.3, 0.4) is 0 Å². The molecule has 108 valence electrons. The number of rotatable bonds is 7. The van der Waals surface area contributed by atoms with Crippen molar-refractivity contribution in [3.05, 3.63) is 24.3 Å². The van der Waals surface area contributed by atoms with Crippen LogP contribution in [0.25, 0.3) is 0 Å². The van der Waals surface area contributed by atoms with Gasteiger partial charge in [-0.15, -0.1) is 0 Å². The summed E-state index contributed by atoms with van der Waals surface area (Å²) >= 11 is 0. The van der Waals surface area contributed by atoms with E-state index in [0.717, 1.165) is 0 Å². The normalized spacial score (nSPS) is 13.5. The Bertz CT molecular complexity index is 500. The monoisotopic (exact) mass is 286 g/mol. The minimum atomic E-state index is -3.55. The number of nitrogens with one attached hydrogen (secondary N) is 2. The summed E-state index contributed by atoms with van der Waals surface area (Å²) in [6.45, 7) is 6.09. The molecule has 5 nitrogen and oxygen atoms in total. The van der Waals surface area contributed by atoms with Crippen LogP contribution in [0.2, 0.25) is 0 Å². The molecule has 0 heterocycles. The lowest BCUT2D eigenvalue weighted by Crippen LogP contribution is -2.31. The first-order valence-electron chi connectivity index (χ1n) is 6.29. The van der Waals surface area contributed by atoms with Crippen LogP contribution < -0.4 is 14.8 Å². The topological polar surface area (TPSA) is 67.4 Å². The van der Waals surface area contributed by atoms with Crippen LogP contribution in [-0.2, 0) is 10.0 Å². The molecule has 1 aromatic carbocycles. The van der Waals surface area contributed by atoms with Crippen molar-refractivity contribution in [3.8, 4) is 5.75 Å². The van der Waals surface area contributed by atoms with E-state index in [1.807, 2.05) is 14.0 Å². The summed E-state index contributed by atoms with van der Waals surface area (Å²) in [7, 11) is -1.72. The average molecular weight is 286 g/mol. The highest BCUT2D eigenvalue weighted by molar-refractivity contribution is 7.89. The first-order valence-corrected chi connectivity index (χ1v) is 7.77. The van der Waals surface area contributed by atoms with Crippen LogP contribution in [0.1, 0.15) is 20.8 Å². The summed E-state index contributed by atoms with van der Waals surface area (Å²) in [5.41, 5.74) is 0. The van der Waals surface area contributed by atoms with Gasteiger partial charge in [-0.2, -0.15) is 0 Å². The molecule has 1 rings (SSSR count). The fourth-order valence-corrected chi connectivity index (χ4v) is 3.08. The van der Waals surface area contributed by atoms with Crippen LogP contribution in [0, 0.1) is 0 Å². The fourth-order valence-electron chi connectivity index (χ4n) is 1.69. The number of hydrogen-bond donors (Lipinski definition) is 2. The highest BCUT2D eigenvalue weighted by Crippen LogP contribution is 2.24. The van der Waals surface area contributed by atoms with Gasteiger partial charge in [-0.1, -0.05) is 12.1 Å². The standard InChI is InChI=1S/C13H22N2O3S/c1-10(2)15-19(16,17)13-8-6-5-7-12(13)18-11(3)9-14-4/h5-8,10-11,14-15H,9H2,1-4H3. The third kappa shape index (κ3) is 4.81. The zero-order valence-corrected chi connectivity index (χ0v) is 12.6. The van der Waals surface area contributed by atoms with Crippen molar-refractivity contribution < 1.29 is 13.2 Å². The molecule has 1 atom stereocenters. The summed E-state index contributed by atoms with van der Waals surface area (Å²) in [5.74, 6) is 0.374. The summed E-state index contributed by atoms with van der Waals surface area (Å²) in [6, 6.07) is 6.50. The Kier molecular flexibility index (Phi) is 5.78. The summed E-state index contributed by atoms with van der Waals surface area (Å²) in [6.07, 6.45) is -0.111. The lowest BCUT2D eigenvalue weighted by molar-refractivity contribution is 0.215. The maximum Gasteiger partial charge on any atom is 0.244 e. The Hall–Kier alpha value is -1.11. The van der Waals surface area contributed by atoms with Crippen molar-refractivity contribution >= 4 is 10.0 Å². The predicted molar refractivity (Wildman–Crippen MR) is 75.9 cm³/mol. The van der Waals surface area contributed by atoms with E-state index in [1.54, 1.807) is 38.1 Å². The maximum absolute atomic E-state index is 12.2. The molecule has 0 aliphatic heterocycles. The lowest BCUT2D eigenvalue weighted by atomic mass is 10.3. The second kappa shape index (κ2) is 6.88. The molecule has 0 saturated carbocycles. The number of sulfonamides is 1. The summed E-state index contributed by atoms with van der Waals surface area (Å²) in [5, 5.41) is 2.99. The Labute approximate surface area is 115 Å². The van der Waals surface area contributed by atoms with Gasteiger partial charge < -0.3 is 10.1 Å². The number of hydrogen-bond acceptors (Lipinski definition) is 4. The van der Waals surface area contributed by atoms with Gasteiger partial charge in [-0.25, -0.2) is 13.1 Å². The highest BCUT2D eigenvalue weighted by Gasteiger charge is 2.21. The van der Waals surface area contributed by atoms with Crippen LogP contribution in [0.4, 0.5) is 0 Å². The molecule has 0 fully saturated rings. The van der Waals surface area contributed by atoms with Crippen LogP contribution in [-0.4, -0.2) is 34.2 Å². The maximum atomic E-state index is 12.2. The molecule has 0 aliphatic carbocycles. The van der Waals surface area contributed by atoms with Gasteiger partial charge in [-0.05, 0) is 40.0 Å². The van der Waals surface area contributed by atoms with Gasteiger partial charge in [0.15, 0.2) is 0 Å². The molecular formula is C13H22N2O3S. The highest BCUT2D eigenvalue weighted by atomic mass is 32.2. The van der Waals surface area contributed by atoms with E-state index in [9.17, 15) is 8.42 Å². The van der Waals surface area contributed by atoms with Crippen molar-refractivity contribution in [2.24, 2.45) is 0 Å². The zero-order valence-electron chi connectivity index (χ0n) is 11.8. The Balaban J connectivity index is 3.02. The third-order valence-electron chi connectivity index (χ3n) is 2.35. The molecule has 0 amide bonds. The molecule has 1 unspecified atom stereocenters. The smallest absolute Gasteiger partial charge is 0.244 e. The molecular weight excluding hydrogens is 264 g/mol. The molecule has 0 aromatic heterocycles. The van der Waals surface area contributed by atoms with E-state index in [1.165, 1.54) is 0 Å². The van der Waals surface area contributed by atoms with Crippen molar-refractivity contribution in [3.63, 3.8) is 0 Å². The second-order valence-electron chi connectivity index (χ2n) is 4.71. The number of benzene rings is 1. The largest absolute Gasteiger partial charge is 0.488 e. The lowest BCUT2D eigenvalue weighted by Gasteiger charge is -2.18. The molecule has 6 heteroatoms. The van der Waals surface area contributed by atoms with Crippen molar-refractivity contribution in [2.45, 2.75) is 37.8 Å². The van der Waals surface area contributed by atoms with E-state index in [0.29, 0.717) is 12.3 Å². The van der Waals surface area contributed by atoms with Crippen molar-refractivity contribution in [1.29, 1.82) is 0 Å². The molecule has 0 bridgehead atoms. The van der Waals surface area contributed by atoms with Crippen LogP contribution in [0.5, 0.6) is 5.75 Å². The quantitative estimate of drug-likeness (QED) is 0.794. The number of ether oxygens (including phenoxy) is 1. The first-order chi connectivity index (χ1) is 8.86. The number of likely N-dealkylation sites (N-methyl/N-ethyl adjacent to an activating group) is 1. The van der Waals surface area contributed by atoms with Gasteiger partial charge in [0.2, 0.25) is 10.0 Å². The SMILES string of the molecule is CNCC(C)Oc1ccccc1S(=O)(=O)NC(C)C. The van der Waals surface area contributed by atoms with Crippen LogP contribution >= 0.6 is 0 Å². The van der Waals surface area contributed by atoms with Gasteiger partial charge in [0.1, 0.15) is 16.7 Å². The minimum Gasteiger partial charge on any atom is -0.488 e. The van der Waals surface area contributed by atoms with Gasteiger partial charge in [0, 0.05) is 12.6 Å². The summed E-state index contributed by atoms with van der Waals surface area (Å²) in [4.78, 5) is 0.173. The molecule has 1 aromatic rings. The van der Waals surface area contributed by atoms with E-state index >= 15 is 0 Å². The van der Waals surface area contributed by atoms with Gasteiger partial charge in [0.25, 0.3) is 0 Å². The Morgan fingerprint density at radius 2 is 1.84 bits per heavy atom. The van der Waals surface area contributed by atoms with E-state index in [-0.39, 0.29) is 17.0 Å². The second-order valence-corrected chi connectivity index (χ2v) is 6.39. The van der Waals surface area contributed by atoms with Crippen molar-refractivity contribution in [1.82, 2.24) is 10.0 Å². The van der Waals surface area contributed by atoms with Crippen LogP contribution in [0.15, 0.2) is 29.2 Å². The molecule has 0 spiro atoms. The molecule has 2 N–H and O–H groups in total. The zero-order chi connectivity index (χ0) is 14.5. The van der Waals surface area contributed by atoms with E-state index in [4.69, 9.17) is 4.74 Å². The third-order valence-corrected chi connectivity index (χ3v) is 4.05. The van der Waals surface area contributed by atoms with Gasteiger partial charge >= 0.3 is 0 Å². The number of para-hydroxylation sites is 1. The minimum absolute atomic E-state index is 0.111. The van der Waals surface area contributed by atoms with Crippen molar-refractivity contribution in [2.75, 3.05) is 13.6 Å². The molecule has 0 radical (unpaired) electrons. The van der Waals surface area contributed by atoms with E-state index < -0.39 is 10.0 Å². The molecule has 0 aliphatic rings. The first kappa shape index (κ1) is 15.9. The predicted octanol–water partition coefficient (Wildman–Crippen LogP) is 1.36. The summed E-state index contributed by atoms with van der Waals surface area (Å²) < 4.78 is 32.6. The van der Waals surface area contributed by atoms with E-state index in [2.05, 4.69) is 10.0 Å². The molecule has 19 heavy (non-hydrogen) atoms. The Morgan fingerprint density at radius 3 is 2.42 bits per heavy atom. The fraction of sp³-hybridized carbons (Fsp3) is 0.538. The van der Waals surface area contributed by atoms with Gasteiger partial charge in [-0.3, -0.25) is 0 Å². The Morgan fingerprint density at radius 1 is 1.21 bits per heavy atom. The molecule has 0 saturated heterocycles. The average Bonchev–Trinajstić information content (AvgIpc) is 2.28. The van der Waals surface area contributed by atoms with Gasteiger partial charge in [0.05, 0.1) is 0 Å².